The standard InChI is InChI=1S/C16H12BrNO2/c17-16-13-4-2-1-3-11(13)5-6-14(16)20-15-9-18-8-7-12(15)10-19/h1-9,19H,10H2. The highest BCUT2D eigenvalue weighted by Crippen LogP contribution is 2.36. The first-order valence-corrected chi connectivity index (χ1v) is 6.98. The van der Waals surface area contributed by atoms with Crippen LogP contribution in [0.3, 0.4) is 0 Å². The second kappa shape index (κ2) is 5.61. The van der Waals surface area contributed by atoms with E-state index in [1.807, 2.05) is 36.4 Å². The molecule has 0 aliphatic heterocycles. The van der Waals surface area contributed by atoms with Crippen molar-refractivity contribution >= 4 is 26.7 Å². The lowest BCUT2D eigenvalue weighted by Crippen LogP contribution is -1.93. The fourth-order valence-electron chi connectivity index (χ4n) is 2.04. The van der Waals surface area contributed by atoms with E-state index < -0.39 is 0 Å². The van der Waals surface area contributed by atoms with Crippen molar-refractivity contribution in [3.8, 4) is 11.5 Å². The fraction of sp³-hybridized carbons (Fsp3) is 0.0625. The predicted molar refractivity (Wildman–Crippen MR) is 81.9 cm³/mol. The van der Waals surface area contributed by atoms with Gasteiger partial charge in [0.15, 0.2) is 5.75 Å². The van der Waals surface area contributed by atoms with Crippen molar-refractivity contribution in [3.63, 3.8) is 0 Å². The van der Waals surface area contributed by atoms with Crippen LogP contribution in [0.2, 0.25) is 0 Å². The number of fused-ring (bicyclic) bond motifs is 1. The van der Waals surface area contributed by atoms with Gasteiger partial charge in [-0.1, -0.05) is 30.3 Å². The molecule has 3 aromatic rings. The lowest BCUT2D eigenvalue weighted by molar-refractivity contribution is 0.276. The van der Waals surface area contributed by atoms with Gasteiger partial charge in [0.2, 0.25) is 0 Å². The zero-order valence-electron chi connectivity index (χ0n) is 10.6. The molecule has 0 aliphatic carbocycles. The van der Waals surface area contributed by atoms with Crippen LogP contribution in [0.15, 0.2) is 59.3 Å². The van der Waals surface area contributed by atoms with Gasteiger partial charge in [-0.05, 0) is 38.8 Å². The van der Waals surface area contributed by atoms with Crippen molar-refractivity contribution in [2.45, 2.75) is 6.61 Å². The van der Waals surface area contributed by atoms with Crippen LogP contribution < -0.4 is 4.74 Å². The number of hydrogen-bond donors (Lipinski definition) is 1. The van der Waals surface area contributed by atoms with Crippen LogP contribution in [0.5, 0.6) is 11.5 Å². The van der Waals surface area contributed by atoms with Gasteiger partial charge in [-0.25, -0.2) is 0 Å². The Balaban J connectivity index is 2.05. The molecule has 0 spiro atoms. The number of aliphatic hydroxyl groups is 1. The summed E-state index contributed by atoms with van der Waals surface area (Å²) in [5, 5.41) is 11.5. The molecular formula is C16H12BrNO2. The second-order valence-electron chi connectivity index (χ2n) is 4.34. The Hall–Kier alpha value is -1.91. The summed E-state index contributed by atoms with van der Waals surface area (Å²) in [5.74, 6) is 1.26. The minimum absolute atomic E-state index is 0.0803. The van der Waals surface area contributed by atoms with Gasteiger partial charge in [-0.15, -0.1) is 0 Å². The molecule has 4 heteroatoms. The average Bonchev–Trinajstić information content (AvgIpc) is 2.51. The maximum atomic E-state index is 9.32. The zero-order chi connectivity index (χ0) is 13.9. The van der Waals surface area contributed by atoms with Gasteiger partial charge in [0.25, 0.3) is 0 Å². The summed E-state index contributed by atoms with van der Waals surface area (Å²) in [6.45, 7) is -0.0803. The van der Waals surface area contributed by atoms with E-state index in [4.69, 9.17) is 4.74 Å². The third kappa shape index (κ3) is 2.40. The molecule has 0 saturated carbocycles. The SMILES string of the molecule is OCc1ccncc1Oc1ccc2ccccc2c1Br. The third-order valence-electron chi connectivity index (χ3n) is 3.09. The van der Waals surface area contributed by atoms with Gasteiger partial charge in [0.05, 0.1) is 17.3 Å². The number of rotatable bonds is 3. The first kappa shape index (κ1) is 13.1. The molecule has 1 aromatic heterocycles. The Morgan fingerprint density at radius 2 is 1.90 bits per heavy atom. The molecule has 0 saturated heterocycles. The fourth-order valence-corrected chi connectivity index (χ4v) is 2.62. The smallest absolute Gasteiger partial charge is 0.151 e. The van der Waals surface area contributed by atoms with E-state index in [0.717, 1.165) is 15.2 Å². The highest BCUT2D eigenvalue weighted by molar-refractivity contribution is 9.10. The van der Waals surface area contributed by atoms with Crippen molar-refractivity contribution < 1.29 is 9.84 Å². The van der Waals surface area contributed by atoms with Crippen LogP contribution in [-0.4, -0.2) is 10.1 Å². The van der Waals surface area contributed by atoms with Gasteiger partial charge in [-0.3, -0.25) is 4.98 Å². The number of aromatic nitrogens is 1. The molecule has 1 heterocycles. The normalized spacial score (nSPS) is 10.7. The minimum atomic E-state index is -0.0803. The van der Waals surface area contributed by atoms with E-state index in [9.17, 15) is 5.11 Å². The molecule has 3 nitrogen and oxygen atoms in total. The topological polar surface area (TPSA) is 42.4 Å². The van der Waals surface area contributed by atoms with Crippen molar-refractivity contribution in [2.75, 3.05) is 0 Å². The van der Waals surface area contributed by atoms with Crippen LogP contribution in [0.1, 0.15) is 5.56 Å². The number of ether oxygens (including phenoxy) is 1. The van der Waals surface area contributed by atoms with Crippen molar-refractivity contribution in [1.29, 1.82) is 0 Å². The number of hydrogen-bond acceptors (Lipinski definition) is 3. The summed E-state index contributed by atoms with van der Waals surface area (Å²) in [6, 6.07) is 13.7. The largest absolute Gasteiger partial charge is 0.454 e. The van der Waals surface area contributed by atoms with Crippen LogP contribution in [0, 0.1) is 0 Å². The Morgan fingerprint density at radius 3 is 2.75 bits per heavy atom. The predicted octanol–water partition coefficient (Wildman–Crippen LogP) is 4.28. The van der Waals surface area contributed by atoms with Crippen LogP contribution in [0.4, 0.5) is 0 Å². The summed E-state index contributed by atoms with van der Waals surface area (Å²) in [4.78, 5) is 4.03. The molecule has 20 heavy (non-hydrogen) atoms. The van der Waals surface area contributed by atoms with E-state index >= 15 is 0 Å². The Morgan fingerprint density at radius 1 is 1.05 bits per heavy atom. The van der Waals surface area contributed by atoms with Crippen LogP contribution in [0.25, 0.3) is 10.8 Å². The van der Waals surface area contributed by atoms with Gasteiger partial charge < -0.3 is 9.84 Å². The quantitative estimate of drug-likeness (QED) is 0.779. The molecule has 0 radical (unpaired) electrons. The van der Waals surface area contributed by atoms with Crippen molar-refractivity contribution in [3.05, 3.63) is 64.9 Å². The maximum Gasteiger partial charge on any atom is 0.151 e. The average molecular weight is 330 g/mol. The zero-order valence-corrected chi connectivity index (χ0v) is 12.2. The highest BCUT2D eigenvalue weighted by atomic mass is 79.9. The molecule has 0 bridgehead atoms. The maximum absolute atomic E-state index is 9.32. The van der Waals surface area contributed by atoms with Crippen molar-refractivity contribution in [1.82, 2.24) is 4.98 Å². The third-order valence-corrected chi connectivity index (χ3v) is 3.91. The Kier molecular flexibility index (Phi) is 3.67. The van der Waals surface area contributed by atoms with Gasteiger partial charge in [0, 0.05) is 11.8 Å². The van der Waals surface area contributed by atoms with E-state index in [1.54, 1.807) is 18.5 Å². The molecular weight excluding hydrogens is 318 g/mol. The van der Waals surface area contributed by atoms with E-state index in [-0.39, 0.29) is 6.61 Å². The molecule has 0 amide bonds. The number of halogens is 1. The molecule has 0 atom stereocenters. The number of benzene rings is 2. The lowest BCUT2D eigenvalue weighted by Gasteiger charge is -2.12. The molecule has 100 valence electrons. The summed E-state index contributed by atoms with van der Waals surface area (Å²) in [6.07, 6.45) is 3.24. The first-order chi connectivity index (χ1) is 9.79. The summed E-state index contributed by atoms with van der Waals surface area (Å²) >= 11 is 3.58. The molecule has 0 unspecified atom stereocenters. The van der Waals surface area contributed by atoms with Gasteiger partial charge in [-0.2, -0.15) is 0 Å². The highest BCUT2D eigenvalue weighted by Gasteiger charge is 2.09. The van der Waals surface area contributed by atoms with Crippen LogP contribution in [-0.2, 0) is 6.61 Å². The Bertz CT molecular complexity index is 758. The van der Waals surface area contributed by atoms with E-state index in [1.165, 1.54) is 0 Å². The second-order valence-corrected chi connectivity index (χ2v) is 5.14. The summed E-state index contributed by atoms with van der Waals surface area (Å²) in [5.41, 5.74) is 0.708. The monoisotopic (exact) mass is 329 g/mol. The molecule has 2 aromatic carbocycles. The van der Waals surface area contributed by atoms with Crippen molar-refractivity contribution in [2.24, 2.45) is 0 Å². The van der Waals surface area contributed by atoms with E-state index in [0.29, 0.717) is 17.1 Å². The number of pyridine rings is 1. The summed E-state index contributed by atoms with van der Waals surface area (Å²) in [7, 11) is 0. The summed E-state index contributed by atoms with van der Waals surface area (Å²) < 4.78 is 6.76. The lowest BCUT2D eigenvalue weighted by atomic mass is 10.1. The molecule has 0 fully saturated rings. The number of aliphatic hydroxyl groups excluding tert-OH is 1. The van der Waals surface area contributed by atoms with E-state index in [2.05, 4.69) is 20.9 Å². The molecule has 3 rings (SSSR count). The van der Waals surface area contributed by atoms with Gasteiger partial charge >= 0.3 is 0 Å². The molecule has 1 N–H and O–H groups in total. The van der Waals surface area contributed by atoms with Gasteiger partial charge in [0.1, 0.15) is 5.75 Å². The first-order valence-electron chi connectivity index (χ1n) is 6.18. The number of nitrogens with zero attached hydrogens (tertiary/aromatic N) is 1. The molecule has 0 aliphatic rings. The Labute approximate surface area is 125 Å². The minimum Gasteiger partial charge on any atom is -0.454 e. The van der Waals surface area contributed by atoms with Crippen LogP contribution >= 0.6 is 15.9 Å².